The maximum absolute atomic E-state index is 12.6. The van der Waals surface area contributed by atoms with E-state index in [-0.39, 0.29) is 17.9 Å². The number of rotatable bonds is 1. The van der Waals surface area contributed by atoms with Crippen LogP contribution in [0.1, 0.15) is 31.2 Å². The lowest BCUT2D eigenvalue weighted by Gasteiger charge is -2.31. The van der Waals surface area contributed by atoms with Crippen LogP contribution in [-0.2, 0) is 11.2 Å². The molecule has 1 fully saturated rings. The van der Waals surface area contributed by atoms with Crippen LogP contribution < -0.4 is 10.6 Å². The number of hydrogen-bond acceptors (Lipinski definition) is 2. The van der Waals surface area contributed by atoms with Crippen LogP contribution in [0.3, 0.4) is 0 Å². The summed E-state index contributed by atoms with van der Waals surface area (Å²) in [6, 6.07) is 8.50. The van der Waals surface area contributed by atoms with Crippen LogP contribution in [0.5, 0.6) is 0 Å². The Labute approximate surface area is 108 Å². The third-order valence-electron chi connectivity index (χ3n) is 4.20. The highest BCUT2D eigenvalue weighted by molar-refractivity contribution is 5.96. The molecule has 0 bridgehead atoms. The molecule has 1 aliphatic heterocycles. The largest absolute Gasteiger partial charge is 0.328 e. The second kappa shape index (κ2) is 4.73. The third kappa shape index (κ3) is 2.03. The fourth-order valence-electron chi connectivity index (χ4n) is 3.22. The molecule has 0 spiro atoms. The van der Waals surface area contributed by atoms with Gasteiger partial charge in [0.1, 0.15) is 0 Å². The van der Waals surface area contributed by atoms with Crippen LogP contribution in [0.4, 0.5) is 5.69 Å². The lowest BCUT2D eigenvalue weighted by molar-refractivity contribution is -0.122. The van der Waals surface area contributed by atoms with Crippen LogP contribution in [0.25, 0.3) is 0 Å². The number of amides is 1. The summed E-state index contributed by atoms with van der Waals surface area (Å²) in [6.45, 7) is 0.863. The van der Waals surface area contributed by atoms with Crippen molar-refractivity contribution in [3.05, 3.63) is 29.8 Å². The fourth-order valence-corrected chi connectivity index (χ4v) is 3.22. The van der Waals surface area contributed by atoms with Crippen LogP contribution in [-0.4, -0.2) is 18.5 Å². The molecular formula is C15H20N2O. The van der Waals surface area contributed by atoms with Crippen LogP contribution >= 0.6 is 0 Å². The number of carbonyl (C=O) groups is 1. The first kappa shape index (κ1) is 11.7. The molecule has 3 rings (SSSR count). The molecule has 3 heteroatoms. The summed E-state index contributed by atoms with van der Waals surface area (Å²) in [4.78, 5) is 14.6. The van der Waals surface area contributed by atoms with E-state index >= 15 is 0 Å². The summed E-state index contributed by atoms with van der Waals surface area (Å²) >= 11 is 0. The fraction of sp³-hybridized carbons (Fsp3) is 0.533. The van der Waals surface area contributed by atoms with Crippen molar-refractivity contribution in [2.75, 3.05) is 11.4 Å². The number of carbonyl (C=O) groups excluding carboxylic acids is 1. The van der Waals surface area contributed by atoms with Crippen molar-refractivity contribution in [1.29, 1.82) is 0 Å². The molecule has 1 aromatic rings. The first-order valence-electron chi connectivity index (χ1n) is 6.90. The number of benzene rings is 1. The summed E-state index contributed by atoms with van der Waals surface area (Å²) < 4.78 is 0. The van der Waals surface area contributed by atoms with E-state index in [0.29, 0.717) is 0 Å². The van der Waals surface area contributed by atoms with Gasteiger partial charge in [0.05, 0.1) is 0 Å². The molecule has 1 heterocycles. The average Bonchev–Trinajstić information content (AvgIpc) is 2.84. The molecule has 1 aromatic carbocycles. The highest BCUT2D eigenvalue weighted by atomic mass is 16.2. The topological polar surface area (TPSA) is 46.3 Å². The van der Waals surface area contributed by atoms with Gasteiger partial charge in [0, 0.05) is 24.2 Å². The van der Waals surface area contributed by atoms with Gasteiger partial charge in [0.25, 0.3) is 0 Å². The molecule has 18 heavy (non-hydrogen) atoms. The molecule has 96 valence electrons. The number of nitrogens with two attached hydrogens (primary N) is 1. The second-order valence-corrected chi connectivity index (χ2v) is 5.49. The monoisotopic (exact) mass is 244 g/mol. The first-order chi connectivity index (χ1) is 8.75. The maximum Gasteiger partial charge on any atom is 0.230 e. The number of nitrogens with zero attached hydrogens (tertiary/aromatic N) is 1. The minimum absolute atomic E-state index is 0.145. The van der Waals surface area contributed by atoms with E-state index in [2.05, 4.69) is 18.2 Å². The number of anilines is 1. The van der Waals surface area contributed by atoms with Crippen molar-refractivity contribution in [3.8, 4) is 0 Å². The predicted octanol–water partition coefficient (Wildman–Crippen LogP) is 2.09. The smallest absolute Gasteiger partial charge is 0.230 e. The molecule has 2 N–H and O–H groups in total. The molecule has 2 unspecified atom stereocenters. The van der Waals surface area contributed by atoms with Crippen LogP contribution in [0.15, 0.2) is 24.3 Å². The van der Waals surface area contributed by atoms with Gasteiger partial charge in [-0.3, -0.25) is 4.79 Å². The normalized spacial score (nSPS) is 27.1. The number of hydrogen-bond donors (Lipinski definition) is 1. The predicted molar refractivity (Wildman–Crippen MR) is 72.4 cm³/mol. The average molecular weight is 244 g/mol. The highest BCUT2D eigenvalue weighted by Gasteiger charge is 2.33. The Hall–Kier alpha value is -1.35. The number of para-hydroxylation sites is 1. The minimum Gasteiger partial charge on any atom is -0.328 e. The SMILES string of the molecule is NC1CCC(C(=O)N2CCCc3ccccc32)C1. The molecular weight excluding hydrogens is 224 g/mol. The zero-order valence-electron chi connectivity index (χ0n) is 10.6. The van der Waals surface area contributed by atoms with Gasteiger partial charge in [0.2, 0.25) is 5.91 Å². The number of fused-ring (bicyclic) bond motifs is 1. The summed E-state index contributed by atoms with van der Waals surface area (Å²) in [5, 5.41) is 0. The standard InChI is InChI=1S/C15H20N2O/c16-13-8-7-12(10-13)15(18)17-9-3-5-11-4-1-2-6-14(11)17/h1-2,4,6,12-13H,3,5,7-10,16H2. The Morgan fingerprint density at radius 2 is 2.11 bits per heavy atom. The van der Waals surface area contributed by atoms with Gasteiger partial charge in [-0.05, 0) is 43.7 Å². The Balaban J connectivity index is 1.83. The molecule has 0 saturated heterocycles. The maximum atomic E-state index is 12.6. The second-order valence-electron chi connectivity index (χ2n) is 5.49. The van der Waals surface area contributed by atoms with Crippen molar-refractivity contribution < 1.29 is 4.79 Å². The van der Waals surface area contributed by atoms with E-state index < -0.39 is 0 Å². The van der Waals surface area contributed by atoms with E-state index in [9.17, 15) is 4.79 Å². The first-order valence-corrected chi connectivity index (χ1v) is 6.90. The highest BCUT2D eigenvalue weighted by Crippen LogP contribution is 2.32. The quantitative estimate of drug-likeness (QED) is 0.822. The number of aryl methyl sites for hydroxylation is 1. The third-order valence-corrected chi connectivity index (χ3v) is 4.20. The Morgan fingerprint density at radius 3 is 2.89 bits per heavy atom. The Kier molecular flexibility index (Phi) is 3.08. The van der Waals surface area contributed by atoms with E-state index in [1.54, 1.807) is 0 Å². The van der Waals surface area contributed by atoms with Gasteiger partial charge in [-0.1, -0.05) is 18.2 Å². The minimum atomic E-state index is 0.145. The van der Waals surface area contributed by atoms with Gasteiger partial charge in [-0.2, -0.15) is 0 Å². The van der Waals surface area contributed by atoms with Crippen molar-refractivity contribution in [2.45, 2.75) is 38.1 Å². The summed E-state index contributed by atoms with van der Waals surface area (Å²) in [7, 11) is 0. The molecule has 2 atom stereocenters. The summed E-state index contributed by atoms with van der Waals surface area (Å²) in [5.74, 6) is 0.432. The van der Waals surface area contributed by atoms with E-state index in [1.165, 1.54) is 5.56 Å². The summed E-state index contributed by atoms with van der Waals surface area (Å²) in [5.41, 5.74) is 8.34. The van der Waals surface area contributed by atoms with Crippen molar-refractivity contribution >= 4 is 11.6 Å². The van der Waals surface area contributed by atoms with Crippen LogP contribution in [0.2, 0.25) is 0 Å². The zero-order valence-corrected chi connectivity index (χ0v) is 10.6. The van der Waals surface area contributed by atoms with Gasteiger partial charge >= 0.3 is 0 Å². The molecule has 0 radical (unpaired) electrons. The molecule has 2 aliphatic rings. The van der Waals surface area contributed by atoms with Gasteiger partial charge in [0.15, 0.2) is 0 Å². The van der Waals surface area contributed by atoms with Gasteiger partial charge in [-0.15, -0.1) is 0 Å². The van der Waals surface area contributed by atoms with Crippen molar-refractivity contribution in [3.63, 3.8) is 0 Å². The van der Waals surface area contributed by atoms with Gasteiger partial charge < -0.3 is 10.6 Å². The van der Waals surface area contributed by atoms with Crippen molar-refractivity contribution in [2.24, 2.45) is 11.7 Å². The van der Waals surface area contributed by atoms with Crippen LogP contribution in [0, 0.1) is 5.92 Å². The molecule has 0 aromatic heterocycles. The lowest BCUT2D eigenvalue weighted by atomic mass is 9.98. The molecule has 1 saturated carbocycles. The van der Waals surface area contributed by atoms with E-state index in [0.717, 1.165) is 44.3 Å². The van der Waals surface area contributed by atoms with Gasteiger partial charge in [-0.25, -0.2) is 0 Å². The lowest BCUT2D eigenvalue weighted by Crippen LogP contribution is -2.39. The van der Waals surface area contributed by atoms with E-state index in [4.69, 9.17) is 5.73 Å². The zero-order chi connectivity index (χ0) is 12.5. The molecule has 1 amide bonds. The molecule has 1 aliphatic carbocycles. The van der Waals surface area contributed by atoms with Crippen molar-refractivity contribution in [1.82, 2.24) is 0 Å². The van der Waals surface area contributed by atoms with E-state index in [1.807, 2.05) is 11.0 Å². The summed E-state index contributed by atoms with van der Waals surface area (Å²) in [6.07, 6.45) is 4.97. The Bertz CT molecular complexity index is 458. The molecule has 3 nitrogen and oxygen atoms in total. The Morgan fingerprint density at radius 1 is 1.28 bits per heavy atom.